The lowest BCUT2D eigenvalue weighted by Crippen LogP contribution is -2.28. The van der Waals surface area contributed by atoms with Gasteiger partial charge in [0.2, 0.25) is 5.78 Å². The number of hydrogen-bond acceptors (Lipinski definition) is 5. The highest BCUT2D eigenvalue weighted by molar-refractivity contribution is 6.35. The predicted molar refractivity (Wildman–Crippen MR) is 103 cm³/mol. The van der Waals surface area contributed by atoms with Crippen molar-refractivity contribution < 1.29 is 19.1 Å². The van der Waals surface area contributed by atoms with Crippen molar-refractivity contribution in [3.63, 3.8) is 0 Å². The first-order valence-electron chi connectivity index (χ1n) is 8.79. The number of hydrogen-bond donors (Lipinski definition) is 0. The molecule has 1 aliphatic rings. The van der Waals surface area contributed by atoms with E-state index in [1.807, 2.05) is 43.3 Å². The molecule has 0 saturated carbocycles. The molecule has 0 unspecified atom stereocenters. The number of rotatable bonds is 5. The summed E-state index contributed by atoms with van der Waals surface area (Å²) < 4.78 is 5.06. The molecule has 0 fully saturated rings. The molecule has 3 rings (SSSR count). The number of nitrogens with zero attached hydrogens (tertiary/aromatic N) is 1. The number of ether oxygens (including phenoxy) is 1. The Morgan fingerprint density at radius 2 is 1.52 bits per heavy atom. The largest absolute Gasteiger partial charge is 0.462 e. The highest BCUT2D eigenvalue weighted by Gasteiger charge is 2.36. The average Bonchev–Trinajstić information content (AvgIpc) is 2.66. The van der Waals surface area contributed by atoms with E-state index >= 15 is 0 Å². The van der Waals surface area contributed by atoms with Crippen molar-refractivity contribution in [3.8, 4) is 0 Å². The third-order valence-corrected chi connectivity index (χ3v) is 4.53. The zero-order valence-electron chi connectivity index (χ0n) is 15.6. The first-order chi connectivity index (χ1) is 12.9. The van der Waals surface area contributed by atoms with Crippen molar-refractivity contribution in [2.24, 2.45) is 0 Å². The van der Waals surface area contributed by atoms with Crippen molar-refractivity contribution >= 4 is 23.2 Å². The van der Waals surface area contributed by atoms with Gasteiger partial charge in [-0.25, -0.2) is 4.79 Å². The van der Waals surface area contributed by atoms with Gasteiger partial charge in [0, 0.05) is 42.9 Å². The minimum absolute atomic E-state index is 0.135. The second kappa shape index (κ2) is 7.58. The Morgan fingerprint density at radius 3 is 2.07 bits per heavy atom. The van der Waals surface area contributed by atoms with Crippen LogP contribution in [0.2, 0.25) is 0 Å². The van der Waals surface area contributed by atoms with E-state index in [2.05, 4.69) is 0 Å². The molecular formula is C22H21NO4. The van der Waals surface area contributed by atoms with Crippen LogP contribution in [0.3, 0.4) is 0 Å². The van der Waals surface area contributed by atoms with Crippen LogP contribution in [0, 0.1) is 0 Å². The highest BCUT2D eigenvalue weighted by Crippen LogP contribution is 2.29. The Bertz CT molecular complexity index is 939. The number of esters is 1. The molecule has 138 valence electrons. The normalized spacial score (nSPS) is 13.4. The molecule has 0 atom stereocenters. The van der Waals surface area contributed by atoms with Crippen LogP contribution in [-0.2, 0) is 16.0 Å². The monoisotopic (exact) mass is 363 g/mol. The minimum Gasteiger partial charge on any atom is -0.462 e. The molecule has 0 N–H and O–H groups in total. The Kier molecular flexibility index (Phi) is 5.21. The molecule has 0 spiro atoms. The summed E-state index contributed by atoms with van der Waals surface area (Å²) in [5.74, 6) is -1.50. The predicted octanol–water partition coefficient (Wildman–Crippen LogP) is 3.23. The maximum atomic E-state index is 13.0. The number of Topliss-reactive ketones (excluding diaryl/α,β-unsaturated/α-hetero) is 2. The summed E-state index contributed by atoms with van der Waals surface area (Å²) in [6.45, 7) is 1.80. The maximum Gasteiger partial charge on any atom is 0.342 e. The van der Waals surface area contributed by atoms with Gasteiger partial charge in [-0.1, -0.05) is 36.4 Å². The highest BCUT2D eigenvalue weighted by atomic mass is 16.5. The lowest BCUT2D eigenvalue weighted by atomic mass is 9.81. The summed E-state index contributed by atoms with van der Waals surface area (Å²) in [4.78, 5) is 40.4. The summed E-state index contributed by atoms with van der Waals surface area (Å²) in [6, 6.07) is 14.2. The number of carbonyl (C=O) groups is 3. The van der Waals surface area contributed by atoms with Crippen LogP contribution in [-0.4, -0.2) is 38.2 Å². The second-order valence-corrected chi connectivity index (χ2v) is 6.52. The van der Waals surface area contributed by atoms with E-state index in [1.165, 1.54) is 0 Å². The van der Waals surface area contributed by atoms with Gasteiger partial charge in [-0.05, 0) is 24.6 Å². The van der Waals surface area contributed by atoms with E-state index in [9.17, 15) is 14.4 Å². The Morgan fingerprint density at radius 1 is 0.926 bits per heavy atom. The first kappa shape index (κ1) is 18.6. The molecule has 27 heavy (non-hydrogen) atoms. The molecule has 0 radical (unpaired) electrons. The first-order valence-corrected chi connectivity index (χ1v) is 8.79. The molecular weight excluding hydrogens is 342 g/mol. The third kappa shape index (κ3) is 3.53. The molecule has 0 amide bonds. The van der Waals surface area contributed by atoms with Gasteiger partial charge >= 0.3 is 5.97 Å². The third-order valence-electron chi connectivity index (χ3n) is 4.53. The van der Waals surface area contributed by atoms with Crippen LogP contribution in [0.1, 0.15) is 33.2 Å². The van der Waals surface area contributed by atoms with Crippen LogP contribution < -0.4 is 4.90 Å². The fraction of sp³-hybridized carbons (Fsp3) is 0.227. The topological polar surface area (TPSA) is 63.7 Å². The molecule has 5 heteroatoms. The molecule has 1 aliphatic carbocycles. The lowest BCUT2D eigenvalue weighted by Gasteiger charge is -2.20. The zero-order chi connectivity index (χ0) is 19.6. The number of allylic oxidation sites excluding steroid dienone is 1. The Balaban J connectivity index is 2.06. The van der Waals surface area contributed by atoms with Crippen LogP contribution in [0.15, 0.2) is 59.7 Å². The van der Waals surface area contributed by atoms with Gasteiger partial charge in [-0.15, -0.1) is 0 Å². The van der Waals surface area contributed by atoms with E-state index in [0.717, 1.165) is 11.3 Å². The minimum atomic E-state index is -0.745. The summed E-state index contributed by atoms with van der Waals surface area (Å²) in [5, 5.41) is 0. The lowest BCUT2D eigenvalue weighted by molar-refractivity contribution is -0.138. The van der Waals surface area contributed by atoms with Crippen molar-refractivity contribution in [2.45, 2.75) is 13.3 Å². The van der Waals surface area contributed by atoms with E-state index in [4.69, 9.17) is 4.74 Å². The van der Waals surface area contributed by atoms with Gasteiger partial charge in [0.15, 0.2) is 5.78 Å². The van der Waals surface area contributed by atoms with Gasteiger partial charge < -0.3 is 9.64 Å². The molecule has 0 heterocycles. The van der Waals surface area contributed by atoms with Gasteiger partial charge in [0.25, 0.3) is 0 Å². The zero-order valence-corrected chi connectivity index (χ0v) is 15.6. The summed E-state index contributed by atoms with van der Waals surface area (Å²) in [7, 11) is 3.88. The molecule has 0 aromatic heterocycles. The fourth-order valence-electron chi connectivity index (χ4n) is 3.13. The van der Waals surface area contributed by atoms with Crippen LogP contribution >= 0.6 is 0 Å². The van der Waals surface area contributed by atoms with Gasteiger partial charge in [0.1, 0.15) is 5.57 Å². The number of benzene rings is 2. The van der Waals surface area contributed by atoms with Crippen molar-refractivity contribution in [1.82, 2.24) is 0 Å². The number of anilines is 1. The number of ketones is 2. The van der Waals surface area contributed by atoms with Crippen molar-refractivity contribution in [3.05, 3.63) is 76.4 Å². The van der Waals surface area contributed by atoms with Crippen molar-refractivity contribution in [2.75, 3.05) is 25.6 Å². The standard InChI is InChI=1S/C22H21NO4/c1-4-27-22(26)19-18(13-14-9-11-15(12-10-14)23(2)3)20(24)16-7-5-6-8-17(16)21(19)25/h5-12H,4,13H2,1-3H3. The average molecular weight is 363 g/mol. The summed E-state index contributed by atoms with van der Waals surface area (Å²) >= 11 is 0. The van der Waals surface area contributed by atoms with Crippen LogP contribution in [0.5, 0.6) is 0 Å². The van der Waals surface area contributed by atoms with E-state index in [1.54, 1.807) is 31.2 Å². The molecule has 0 bridgehead atoms. The Hall–Kier alpha value is -3.21. The molecule has 2 aromatic carbocycles. The maximum absolute atomic E-state index is 13.0. The molecule has 0 saturated heterocycles. The van der Waals surface area contributed by atoms with Gasteiger partial charge in [-0.2, -0.15) is 0 Å². The van der Waals surface area contributed by atoms with Crippen LogP contribution in [0.4, 0.5) is 5.69 Å². The van der Waals surface area contributed by atoms with Gasteiger partial charge in [0.05, 0.1) is 6.61 Å². The van der Waals surface area contributed by atoms with E-state index < -0.39 is 11.8 Å². The quantitative estimate of drug-likeness (QED) is 0.603. The summed E-state index contributed by atoms with van der Waals surface area (Å²) in [5.41, 5.74) is 2.48. The SMILES string of the molecule is CCOC(=O)C1=C(Cc2ccc(N(C)C)cc2)C(=O)c2ccccc2C1=O. The summed E-state index contributed by atoms with van der Waals surface area (Å²) in [6.07, 6.45) is 0.195. The van der Waals surface area contributed by atoms with E-state index in [0.29, 0.717) is 5.56 Å². The molecule has 0 aliphatic heterocycles. The van der Waals surface area contributed by atoms with Crippen LogP contribution in [0.25, 0.3) is 0 Å². The Labute approximate surface area is 158 Å². The van der Waals surface area contributed by atoms with E-state index in [-0.39, 0.29) is 35.5 Å². The smallest absolute Gasteiger partial charge is 0.342 e. The second-order valence-electron chi connectivity index (χ2n) is 6.52. The van der Waals surface area contributed by atoms with Crippen molar-refractivity contribution in [1.29, 1.82) is 0 Å². The number of carbonyl (C=O) groups excluding carboxylic acids is 3. The molecule has 5 nitrogen and oxygen atoms in total. The van der Waals surface area contributed by atoms with Gasteiger partial charge in [-0.3, -0.25) is 9.59 Å². The number of fused-ring (bicyclic) bond motifs is 1. The molecule has 2 aromatic rings. The fourth-order valence-corrected chi connectivity index (χ4v) is 3.13.